The second-order valence-corrected chi connectivity index (χ2v) is 3.27. The van der Waals surface area contributed by atoms with Gasteiger partial charge in [0.15, 0.2) is 5.60 Å². The molecule has 1 saturated heterocycles. The van der Waals surface area contributed by atoms with E-state index < -0.39 is 11.6 Å². The molecule has 1 fully saturated rings. The fourth-order valence-corrected chi connectivity index (χ4v) is 1.32. The van der Waals surface area contributed by atoms with Gasteiger partial charge in [-0.05, 0) is 13.8 Å². The summed E-state index contributed by atoms with van der Waals surface area (Å²) in [7, 11) is 0. The SMILES string of the molecule is CCOC(=O)C1(C)CC(=O)CCO1. The van der Waals surface area contributed by atoms with Crippen LogP contribution >= 0.6 is 0 Å². The molecule has 1 aliphatic heterocycles. The zero-order valence-corrected chi connectivity index (χ0v) is 7.96. The van der Waals surface area contributed by atoms with Crippen LogP contribution in [0.25, 0.3) is 0 Å². The van der Waals surface area contributed by atoms with Crippen molar-refractivity contribution in [2.24, 2.45) is 0 Å². The maximum absolute atomic E-state index is 11.4. The van der Waals surface area contributed by atoms with Crippen LogP contribution in [0.5, 0.6) is 0 Å². The minimum absolute atomic E-state index is 0.0572. The van der Waals surface area contributed by atoms with Crippen molar-refractivity contribution in [2.75, 3.05) is 13.2 Å². The third-order valence-corrected chi connectivity index (χ3v) is 2.04. The van der Waals surface area contributed by atoms with Crippen molar-refractivity contribution >= 4 is 11.8 Å². The molecule has 0 spiro atoms. The van der Waals surface area contributed by atoms with E-state index in [-0.39, 0.29) is 12.2 Å². The molecule has 4 nitrogen and oxygen atoms in total. The highest BCUT2D eigenvalue weighted by Gasteiger charge is 2.40. The summed E-state index contributed by atoms with van der Waals surface area (Å²) in [6.07, 6.45) is 0.529. The van der Waals surface area contributed by atoms with Gasteiger partial charge in [0, 0.05) is 12.8 Å². The molecule has 0 bridgehead atoms. The van der Waals surface area contributed by atoms with Crippen molar-refractivity contribution in [1.29, 1.82) is 0 Å². The predicted octanol–water partition coefficient (Wildman–Crippen LogP) is 0.688. The Morgan fingerprint density at radius 1 is 1.69 bits per heavy atom. The topological polar surface area (TPSA) is 52.6 Å². The lowest BCUT2D eigenvalue weighted by Crippen LogP contribution is -2.45. The number of carbonyl (C=O) groups is 2. The first-order valence-electron chi connectivity index (χ1n) is 4.41. The molecular formula is C9H14O4. The molecular weight excluding hydrogens is 172 g/mol. The molecule has 0 aromatic rings. The predicted molar refractivity (Wildman–Crippen MR) is 45.2 cm³/mol. The summed E-state index contributed by atoms with van der Waals surface area (Å²) in [5.41, 5.74) is -1.05. The number of carbonyl (C=O) groups excluding carboxylic acids is 2. The molecule has 13 heavy (non-hydrogen) atoms. The third kappa shape index (κ3) is 2.28. The molecule has 4 heteroatoms. The first-order chi connectivity index (χ1) is 6.08. The van der Waals surface area contributed by atoms with E-state index in [1.807, 2.05) is 0 Å². The quantitative estimate of drug-likeness (QED) is 0.595. The number of rotatable bonds is 2. The Kier molecular flexibility index (Phi) is 3.03. The Morgan fingerprint density at radius 3 is 2.92 bits per heavy atom. The Labute approximate surface area is 77.2 Å². The lowest BCUT2D eigenvalue weighted by atomic mass is 9.95. The molecule has 0 aliphatic carbocycles. The zero-order chi connectivity index (χ0) is 9.90. The van der Waals surface area contributed by atoms with E-state index in [4.69, 9.17) is 9.47 Å². The molecule has 0 radical (unpaired) electrons. The van der Waals surface area contributed by atoms with Gasteiger partial charge in [-0.3, -0.25) is 4.79 Å². The Balaban J connectivity index is 2.63. The van der Waals surface area contributed by atoms with Crippen molar-refractivity contribution in [1.82, 2.24) is 0 Å². The molecule has 74 valence electrons. The fraction of sp³-hybridized carbons (Fsp3) is 0.778. The van der Waals surface area contributed by atoms with Crippen molar-refractivity contribution in [3.05, 3.63) is 0 Å². The number of hydrogen-bond acceptors (Lipinski definition) is 4. The van der Waals surface area contributed by atoms with Gasteiger partial charge in [-0.15, -0.1) is 0 Å². The van der Waals surface area contributed by atoms with Crippen LogP contribution in [0.15, 0.2) is 0 Å². The number of ketones is 1. The normalized spacial score (nSPS) is 28.6. The summed E-state index contributed by atoms with van der Waals surface area (Å²) >= 11 is 0. The van der Waals surface area contributed by atoms with E-state index in [1.165, 1.54) is 0 Å². The maximum atomic E-state index is 11.4. The van der Waals surface area contributed by atoms with Crippen LogP contribution in [-0.2, 0) is 19.1 Å². The molecule has 1 atom stereocenters. The monoisotopic (exact) mass is 186 g/mol. The minimum atomic E-state index is -1.05. The lowest BCUT2D eigenvalue weighted by Gasteiger charge is -2.30. The molecule has 1 rings (SSSR count). The lowest BCUT2D eigenvalue weighted by molar-refractivity contribution is -0.177. The number of ether oxygens (including phenoxy) is 2. The smallest absolute Gasteiger partial charge is 0.338 e. The molecule has 0 saturated carbocycles. The second-order valence-electron chi connectivity index (χ2n) is 3.27. The standard InChI is InChI=1S/C9H14O4/c1-3-12-8(11)9(2)6-7(10)4-5-13-9/h3-6H2,1-2H3. The largest absolute Gasteiger partial charge is 0.464 e. The molecule has 1 aliphatic rings. The second kappa shape index (κ2) is 3.87. The highest BCUT2D eigenvalue weighted by atomic mass is 16.6. The van der Waals surface area contributed by atoms with Crippen molar-refractivity contribution in [2.45, 2.75) is 32.3 Å². The van der Waals surface area contributed by atoms with Gasteiger partial charge in [-0.1, -0.05) is 0 Å². The van der Waals surface area contributed by atoms with Crippen molar-refractivity contribution < 1.29 is 19.1 Å². The van der Waals surface area contributed by atoms with Crippen LogP contribution in [0.1, 0.15) is 26.7 Å². The molecule has 0 aromatic heterocycles. The number of hydrogen-bond donors (Lipinski definition) is 0. The molecule has 0 amide bonds. The van der Waals surface area contributed by atoms with E-state index in [0.717, 1.165) is 0 Å². The van der Waals surface area contributed by atoms with Crippen LogP contribution in [-0.4, -0.2) is 30.6 Å². The molecule has 0 N–H and O–H groups in total. The Bertz CT molecular complexity index is 224. The first-order valence-corrected chi connectivity index (χ1v) is 4.41. The molecule has 1 unspecified atom stereocenters. The van der Waals surface area contributed by atoms with Crippen LogP contribution < -0.4 is 0 Å². The van der Waals surface area contributed by atoms with Gasteiger partial charge in [-0.25, -0.2) is 4.79 Å². The van der Waals surface area contributed by atoms with Gasteiger partial charge in [0.2, 0.25) is 0 Å². The Morgan fingerprint density at radius 2 is 2.38 bits per heavy atom. The van der Waals surface area contributed by atoms with Gasteiger partial charge in [0.05, 0.1) is 13.2 Å². The minimum Gasteiger partial charge on any atom is -0.464 e. The summed E-state index contributed by atoms with van der Waals surface area (Å²) < 4.78 is 10.1. The first kappa shape index (κ1) is 10.2. The van der Waals surface area contributed by atoms with Gasteiger partial charge in [0.25, 0.3) is 0 Å². The van der Waals surface area contributed by atoms with E-state index >= 15 is 0 Å². The van der Waals surface area contributed by atoms with E-state index in [0.29, 0.717) is 19.6 Å². The summed E-state index contributed by atoms with van der Waals surface area (Å²) in [6.45, 7) is 3.95. The van der Waals surface area contributed by atoms with E-state index in [9.17, 15) is 9.59 Å². The molecule has 0 aromatic carbocycles. The van der Waals surface area contributed by atoms with E-state index in [2.05, 4.69) is 0 Å². The third-order valence-electron chi connectivity index (χ3n) is 2.04. The van der Waals surface area contributed by atoms with Gasteiger partial charge >= 0.3 is 5.97 Å². The van der Waals surface area contributed by atoms with Crippen LogP contribution in [0, 0.1) is 0 Å². The van der Waals surface area contributed by atoms with Gasteiger partial charge < -0.3 is 9.47 Å². The average Bonchev–Trinajstić information content (AvgIpc) is 2.04. The Hall–Kier alpha value is -0.900. The summed E-state index contributed by atoms with van der Waals surface area (Å²) in [4.78, 5) is 22.5. The van der Waals surface area contributed by atoms with Crippen LogP contribution in [0.2, 0.25) is 0 Å². The number of esters is 1. The molecule has 1 heterocycles. The van der Waals surface area contributed by atoms with E-state index in [1.54, 1.807) is 13.8 Å². The highest BCUT2D eigenvalue weighted by molar-refractivity contribution is 5.89. The summed E-state index contributed by atoms with van der Waals surface area (Å²) in [5, 5.41) is 0. The maximum Gasteiger partial charge on any atom is 0.338 e. The average molecular weight is 186 g/mol. The van der Waals surface area contributed by atoms with Crippen molar-refractivity contribution in [3.8, 4) is 0 Å². The van der Waals surface area contributed by atoms with Crippen LogP contribution in [0.3, 0.4) is 0 Å². The highest BCUT2D eigenvalue weighted by Crippen LogP contribution is 2.23. The fourth-order valence-electron chi connectivity index (χ4n) is 1.32. The van der Waals surface area contributed by atoms with Gasteiger partial charge in [-0.2, -0.15) is 0 Å². The van der Waals surface area contributed by atoms with Crippen molar-refractivity contribution in [3.63, 3.8) is 0 Å². The summed E-state index contributed by atoms with van der Waals surface area (Å²) in [6, 6.07) is 0. The van der Waals surface area contributed by atoms with Gasteiger partial charge in [0.1, 0.15) is 5.78 Å². The number of Topliss-reactive ketones (excluding diaryl/α,β-unsaturated/α-hetero) is 1. The van der Waals surface area contributed by atoms with Crippen LogP contribution in [0.4, 0.5) is 0 Å². The zero-order valence-electron chi connectivity index (χ0n) is 7.96. The summed E-state index contributed by atoms with van der Waals surface area (Å²) in [5.74, 6) is -0.384.